The molecule has 4 atom stereocenters. The maximum Gasteiger partial charge on any atom is 0.177 e. The number of aliphatic hydroxyl groups is 1. The van der Waals surface area contributed by atoms with E-state index < -0.39 is 6.10 Å². The fourth-order valence-corrected chi connectivity index (χ4v) is 5.43. The molecule has 2 fully saturated rings. The first-order valence-corrected chi connectivity index (χ1v) is 9.39. The van der Waals surface area contributed by atoms with E-state index in [0.717, 1.165) is 35.6 Å². The zero-order valence-corrected chi connectivity index (χ0v) is 15.4. The van der Waals surface area contributed by atoms with E-state index in [4.69, 9.17) is 5.10 Å². The van der Waals surface area contributed by atoms with Crippen molar-refractivity contribution in [1.82, 2.24) is 19.8 Å². The van der Waals surface area contributed by atoms with Gasteiger partial charge in [-0.05, 0) is 41.7 Å². The van der Waals surface area contributed by atoms with Crippen LogP contribution < -0.4 is 0 Å². The Morgan fingerprint density at radius 1 is 1.04 bits per heavy atom. The molecule has 2 aliphatic carbocycles. The van der Waals surface area contributed by atoms with Crippen LogP contribution in [0.25, 0.3) is 16.9 Å². The molecule has 2 aromatic heterocycles. The van der Waals surface area contributed by atoms with Gasteiger partial charge in [0.2, 0.25) is 0 Å². The molecule has 2 bridgehead atoms. The van der Waals surface area contributed by atoms with Gasteiger partial charge in [0.15, 0.2) is 11.5 Å². The highest BCUT2D eigenvalue weighted by Gasteiger charge is 2.67. The highest BCUT2D eigenvalue weighted by molar-refractivity contribution is 5.60. The summed E-state index contributed by atoms with van der Waals surface area (Å²) in [5.41, 5.74) is 2.69. The van der Waals surface area contributed by atoms with Gasteiger partial charge in [0, 0.05) is 5.56 Å². The van der Waals surface area contributed by atoms with Gasteiger partial charge in [0.25, 0.3) is 0 Å². The fraction of sp³-hybridized carbons (Fsp3) is 0.476. The third kappa shape index (κ3) is 1.87. The molecule has 0 saturated heterocycles. The highest BCUT2D eigenvalue weighted by atomic mass is 16.3. The second-order valence-electron chi connectivity index (χ2n) is 8.67. The Morgan fingerprint density at radius 3 is 2.50 bits per heavy atom. The number of aliphatic hydroxyl groups excluding tert-OH is 1. The molecule has 0 radical (unpaired) electrons. The number of benzene rings is 1. The maximum absolute atomic E-state index is 11.2. The lowest BCUT2D eigenvalue weighted by atomic mass is 9.70. The van der Waals surface area contributed by atoms with E-state index in [9.17, 15) is 5.11 Å². The topological polar surface area (TPSA) is 63.3 Å². The van der Waals surface area contributed by atoms with E-state index in [-0.39, 0.29) is 16.7 Å². The van der Waals surface area contributed by atoms with Gasteiger partial charge in [-0.3, -0.25) is 0 Å². The van der Waals surface area contributed by atoms with Crippen molar-refractivity contribution in [2.45, 2.75) is 45.6 Å². The predicted molar refractivity (Wildman–Crippen MR) is 99.6 cm³/mol. The van der Waals surface area contributed by atoms with Crippen molar-refractivity contribution in [3.05, 3.63) is 48.3 Å². The molecule has 2 aliphatic rings. The molecule has 0 amide bonds. The van der Waals surface area contributed by atoms with E-state index in [2.05, 4.69) is 43.1 Å². The molecular weight excluding hydrogens is 324 g/mol. The smallest absolute Gasteiger partial charge is 0.177 e. The van der Waals surface area contributed by atoms with E-state index in [0.29, 0.717) is 5.92 Å². The zero-order chi connectivity index (χ0) is 18.1. The molecule has 1 N–H and O–H groups in total. The monoisotopic (exact) mass is 348 g/mol. The van der Waals surface area contributed by atoms with Crippen molar-refractivity contribution in [3.8, 4) is 11.3 Å². The molecule has 26 heavy (non-hydrogen) atoms. The van der Waals surface area contributed by atoms with Crippen LogP contribution >= 0.6 is 0 Å². The summed E-state index contributed by atoms with van der Waals surface area (Å²) in [6.07, 6.45) is 1.78. The summed E-state index contributed by atoms with van der Waals surface area (Å²) in [5, 5.41) is 24.8. The largest absolute Gasteiger partial charge is 0.392 e. The molecule has 2 heterocycles. The Balaban J connectivity index is 1.65. The van der Waals surface area contributed by atoms with Gasteiger partial charge in [-0.1, -0.05) is 51.1 Å². The number of fused-ring (bicyclic) bond motifs is 3. The van der Waals surface area contributed by atoms with Crippen molar-refractivity contribution < 1.29 is 5.11 Å². The lowest BCUT2D eigenvalue weighted by Crippen LogP contribution is -2.37. The van der Waals surface area contributed by atoms with Gasteiger partial charge >= 0.3 is 0 Å². The second-order valence-corrected chi connectivity index (χ2v) is 8.67. The molecule has 1 aromatic carbocycles. The minimum atomic E-state index is -0.411. The molecule has 0 spiro atoms. The van der Waals surface area contributed by atoms with Crippen LogP contribution in [0, 0.1) is 16.7 Å². The number of hydrogen-bond donors (Lipinski definition) is 1. The average Bonchev–Trinajstić information content (AvgIpc) is 3.20. The van der Waals surface area contributed by atoms with Crippen molar-refractivity contribution in [1.29, 1.82) is 0 Å². The summed E-state index contributed by atoms with van der Waals surface area (Å²) in [6, 6.07) is 14.1. The molecule has 134 valence electrons. The van der Waals surface area contributed by atoms with E-state index in [1.165, 1.54) is 0 Å². The van der Waals surface area contributed by atoms with Gasteiger partial charge in [-0.15, -0.1) is 10.2 Å². The minimum Gasteiger partial charge on any atom is -0.392 e. The molecule has 2 unspecified atom stereocenters. The van der Waals surface area contributed by atoms with E-state index >= 15 is 0 Å². The highest BCUT2D eigenvalue weighted by Crippen LogP contribution is 2.69. The summed E-state index contributed by atoms with van der Waals surface area (Å²) < 4.78 is 1.84. The van der Waals surface area contributed by atoms with Crippen molar-refractivity contribution in [2.75, 3.05) is 0 Å². The van der Waals surface area contributed by atoms with Crippen molar-refractivity contribution in [3.63, 3.8) is 0 Å². The number of nitrogens with zero attached hydrogens (tertiary/aromatic N) is 4. The molecule has 0 aliphatic heterocycles. The number of aromatic nitrogens is 4. The average molecular weight is 348 g/mol. The van der Waals surface area contributed by atoms with Crippen LogP contribution in [0.4, 0.5) is 0 Å². The maximum atomic E-state index is 11.2. The first-order valence-electron chi connectivity index (χ1n) is 9.39. The van der Waals surface area contributed by atoms with Crippen molar-refractivity contribution in [2.24, 2.45) is 16.7 Å². The van der Waals surface area contributed by atoms with Crippen LogP contribution in [0.1, 0.15) is 45.4 Å². The van der Waals surface area contributed by atoms with Crippen molar-refractivity contribution >= 4 is 5.65 Å². The molecule has 3 aromatic rings. The number of hydrogen-bond acceptors (Lipinski definition) is 4. The van der Waals surface area contributed by atoms with Gasteiger partial charge in [0.05, 0.1) is 17.7 Å². The fourth-order valence-electron chi connectivity index (χ4n) is 5.43. The van der Waals surface area contributed by atoms with Crippen LogP contribution in [0.5, 0.6) is 0 Å². The van der Waals surface area contributed by atoms with E-state index in [1.807, 2.05) is 34.8 Å². The Labute approximate surface area is 153 Å². The summed E-state index contributed by atoms with van der Waals surface area (Å²) in [4.78, 5) is 0. The van der Waals surface area contributed by atoms with Gasteiger partial charge in [-0.25, -0.2) is 0 Å². The predicted octanol–water partition coefficient (Wildman–Crippen LogP) is 3.69. The summed E-state index contributed by atoms with van der Waals surface area (Å²) in [5.74, 6) is 1.18. The Bertz CT molecular complexity index is 980. The first-order chi connectivity index (χ1) is 12.4. The number of rotatable bonds is 2. The quantitative estimate of drug-likeness (QED) is 0.767. The van der Waals surface area contributed by atoms with Crippen LogP contribution in [0.2, 0.25) is 0 Å². The second kappa shape index (κ2) is 5.13. The molecular formula is C21H24N4O. The van der Waals surface area contributed by atoms with Crippen LogP contribution in [0.15, 0.2) is 42.5 Å². The SMILES string of the molecule is CC1(C)C2CCC1(C)[C@H](O)[C@H]2c1nnc2ccc(-c3ccccc3)nn12. The molecule has 2 saturated carbocycles. The third-order valence-corrected chi connectivity index (χ3v) is 7.45. The molecule has 5 heteroatoms. The molecule has 5 rings (SSSR count). The standard InChI is InChI=1S/C21H24N4O/c1-20(2)14-11-12-21(20,3)18(26)17(14)19-23-22-16-10-9-15(24-25(16)19)13-7-5-4-6-8-13/h4-10,14,17-18,26H,11-12H2,1-3H3/t14?,17-,18+,21?/m0/s1. The van der Waals surface area contributed by atoms with Crippen LogP contribution in [-0.2, 0) is 0 Å². The summed E-state index contributed by atoms with van der Waals surface area (Å²) >= 11 is 0. The summed E-state index contributed by atoms with van der Waals surface area (Å²) in [7, 11) is 0. The lowest BCUT2D eigenvalue weighted by Gasteiger charge is -2.37. The normalized spacial score (nSPS) is 32.4. The van der Waals surface area contributed by atoms with Gasteiger partial charge < -0.3 is 5.11 Å². The van der Waals surface area contributed by atoms with E-state index in [1.54, 1.807) is 0 Å². The van der Waals surface area contributed by atoms with Crippen LogP contribution in [0.3, 0.4) is 0 Å². The Kier molecular flexibility index (Phi) is 3.15. The van der Waals surface area contributed by atoms with Gasteiger partial charge in [0.1, 0.15) is 0 Å². The zero-order valence-electron chi connectivity index (χ0n) is 15.4. The third-order valence-electron chi connectivity index (χ3n) is 7.45. The Morgan fingerprint density at radius 2 is 1.81 bits per heavy atom. The summed E-state index contributed by atoms with van der Waals surface area (Å²) in [6.45, 7) is 6.81. The Hall–Kier alpha value is -2.27. The minimum absolute atomic E-state index is 0.0164. The first kappa shape index (κ1) is 15.9. The lowest BCUT2D eigenvalue weighted by molar-refractivity contribution is 0.00326. The molecule has 5 nitrogen and oxygen atoms in total. The van der Waals surface area contributed by atoms with Crippen LogP contribution in [-0.4, -0.2) is 31.0 Å². The van der Waals surface area contributed by atoms with Gasteiger partial charge in [-0.2, -0.15) is 9.61 Å².